The van der Waals surface area contributed by atoms with Crippen LogP contribution in [0.1, 0.15) is 12.0 Å². The zero-order valence-corrected chi connectivity index (χ0v) is 10.2. The SMILES string of the molecule is COc1cccc(CC(N)CCSC)c1. The first-order valence-corrected chi connectivity index (χ1v) is 6.53. The molecule has 2 N–H and O–H groups in total. The predicted molar refractivity (Wildman–Crippen MR) is 67.7 cm³/mol. The molecule has 1 unspecified atom stereocenters. The van der Waals surface area contributed by atoms with Crippen LogP contribution in [0, 0.1) is 0 Å². The van der Waals surface area contributed by atoms with Gasteiger partial charge in [0.05, 0.1) is 7.11 Å². The maximum absolute atomic E-state index is 6.03. The third-order valence-corrected chi connectivity index (χ3v) is 2.97. The molecule has 0 saturated heterocycles. The molecule has 0 saturated carbocycles. The van der Waals surface area contributed by atoms with Gasteiger partial charge in [-0.15, -0.1) is 0 Å². The molecule has 2 nitrogen and oxygen atoms in total. The highest BCUT2D eigenvalue weighted by Gasteiger charge is 2.04. The molecule has 0 spiro atoms. The first kappa shape index (κ1) is 12.4. The summed E-state index contributed by atoms with van der Waals surface area (Å²) in [6.45, 7) is 0. The van der Waals surface area contributed by atoms with E-state index in [2.05, 4.69) is 18.4 Å². The second kappa shape index (κ2) is 6.75. The van der Waals surface area contributed by atoms with Crippen LogP contribution in [0.2, 0.25) is 0 Å². The van der Waals surface area contributed by atoms with Gasteiger partial charge in [-0.05, 0) is 42.5 Å². The van der Waals surface area contributed by atoms with Crippen molar-refractivity contribution >= 4 is 11.8 Å². The van der Waals surface area contributed by atoms with Crippen LogP contribution in [0.25, 0.3) is 0 Å². The van der Waals surface area contributed by atoms with Crippen molar-refractivity contribution in [2.24, 2.45) is 5.73 Å². The van der Waals surface area contributed by atoms with E-state index in [0.717, 1.165) is 24.3 Å². The molecule has 0 aliphatic carbocycles. The van der Waals surface area contributed by atoms with Crippen LogP contribution in [0.5, 0.6) is 5.75 Å². The molecular formula is C12H19NOS. The van der Waals surface area contributed by atoms with E-state index in [9.17, 15) is 0 Å². The summed E-state index contributed by atoms with van der Waals surface area (Å²) >= 11 is 1.84. The molecular weight excluding hydrogens is 206 g/mol. The van der Waals surface area contributed by atoms with E-state index in [1.165, 1.54) is 5.56 Å². The van der Waals surface area contributed by atoms with E-state index >= 15 is 0 Å². The van der Waals surface area contributed by atoms with Crippen LogP contribution in [-0.2, 0) is 6.42 Å². The zero-order valence-electron chi connectivity index (χ0n) is 9.40. The van der Waals surface area contributed by atoms with Gasteiger partial charge in [0.25, 0.3) is 0 Å². The minimum atomic E-state index is 0.254. The van der Waals surface area contributed by atoms with Crippen LogP contribution in [0.3, 0.4) is 0 Å². The highest BCUT2D eigenvalue weighted by molar-refractivity contribution is 7.98. The van der Waals surface area contributed by atoms with Crippen molar-refractivity contribution in [2.75, 3.05) is 19.1 Å². The topological polar surface area (TPSA) is 35.2 Å². The summed E-state index contributed by atoms with van der Waals surface area (Å²) in [5, 5.41) is 0. The number of hydrogen-bond acceptors (Lipinski definition) is 3. The van der Waals surface area contributed by atoms with E-state index in [0.29, 0.717) is 0 Å². The molecule has 84 valence electrons. The molecule has 0 aliphatic heterocycles. The maximum Gasteiger partial charge on any atom is 0.119 e. The summed E-state index contributed by atoms with van der Waals surface area (Å²) in [7, 11) is 1.69. The Hall–Kier alpha value is -0.670. The number of nitrogens with two attached hydrogens (primary N) is 1. The molecule has 0 heterocycles. The fourth-order valence-electron chi connectivity index (χ4n) is 1.47. The Labute approximate surface area is 96.2 Å². The van der Waals surface area contributed by atoms with Crippen LogP contribution < -0.4 is 10.5 Å². The highest BCUT2D eigenvalue weighted by atomic mass is 32.2. The molecule has 15 heavy (non-hydrogen) atoms. The van der Waals surface area contributed by atoms with Crippen molar-refractivity contribution in [3.8, 4) is 5.75 Å². The lowest BCUT2D eigenvalue weighted by Gasteiger charge is -2.11. The van der Waals surface area contributed by atoms with Crippen molar-refractivity contribution in [1.82, 2.24) is 0 Å². The standard InChI is InChI=1S/C12H19NOS/c1-14-12-5-3-4-10(9-12)8-11(13)6-7-15-2/h3-5,9,11H,6-8,13H2,1-2H3. The smallest absolute Gasteiger partial charge is 0.119 e. The van der Waals surface area contributed by atoms with Crippen LogP contribution in [-0.4, -0.2) is 25.2 Å². The molecule has 0 radical (unpaired) electrons. The first-order valence-electron chi connectivity index (χ1n) is 5.13. The Morgan fingerprint density at radius 2 is 2.27 bits per heavy atom. The molecule has 1 atom stereocenters. The lowest BCUT2D eigenvalue weighted by molar-refractivity contribution is 0.414. The summed E-state index contributed by atoms with van der Waals surface area (Å²) < 4.78 is 5.17. The van der Waals surface area contributed by atoms with E-state index in [1.807, 2.05) is 23.9 Å². The van der Waals surface area contributed by atoms with Crippen molar-refractivity contribution < 1.29 is 4.74 Å². The maximum atomic E-state index is 6.03. The summed E-state index contributed by atoms with van der Waals surface area (Å²) in [5.74, 6) is 2.04. The normalized spacial score (nSPS) is 12.5. The lowest BCUT2D eigenvalue weighted by atomic mass is 10.0. The molecule has 1 aromatic rings. The number of methoxy groups -OCH3 is 1. The van der Waals surface area contributed by atoms with Crippen LogP contribution in [0.4, 0.5) is 0 Å². The van der Waals surface area contributed by atoms with Gasteiger partial charge in [0, 0.05) is 6.04 Å². The highest BCUT2D eigenvalue weighted by Crippen LogP contribution is 2.14. The van der Waals surface area contributed by atoms with Crippen LogP contribution in [0.15, 0.2) is 24.3 Å². The second-order valence-corrected chi connectivity index (χ2v) is 4.58. The van der Waals surface area contributed by atoms with Gasteiger partial charge in [-0.3, -0.25) is 0 Å². The van der Waals surface area contributed by atoms with Gasteiger partial charge in [0.15, 0.2) is 0 Å². The second-order valence-electron chi connectivity index (χ2n) is 3.60. The van der Waals surface area contributed by atoms with Crippen LogP contribution >= 0.6 is 11.8 Å². The molecule has 0 fully saturated rings. The Morgan fingerprint density at radius 1 is 1.47 bits per heavy atom. The fourth-order valence-corrected chi connectivity index (χ4v) is 2.01. The summed E-state index contributed by atoms with van der Waals surface area (Å²) in [4.78, 5) is 0. The van der Waals surface area contributed by atoms with Gasteiger partial charge in [-0.1, -0.05) is 12.1 Å². The van der Waals surface area contributed by atoms with Gasteiger partial charge in [0.1, 0.15) is 5.75 Å². The van der Waals surface area contributed by atoms with Gasteiger partial charge in [0.2, 0.25) is 0 Å². The molecule has 3 heteroatoms. The molecule has 0 amide bonds. The van der Waals surface area contributed by atoms with E-state index in [4.69, 9.17) is 10.5 Å². The molecule has 1 rings (SSSR count). The van der Waals surface area contributed by atoms with Gasteiger partial charge < -0.3 is 10.5 Å². The Balaban J connectivity index is 2.48. The van der Waals surface area contributed by atoms with Crippen molar-refractivity contribution in [3.63, 3.8) is 0 Å². The number of benzene rings is 1. The number of rotatable bonds is 6. The number of ether oxygens (including phenoxy) is 1. The predicted octanol–water partition coefficient (Wildman–Crippen LogP) is 2.32. The third kappa shape index (κ3) is 4.58. The average molecular weight is 225 g/mol. The number of thioether (sulfide) groups is 1. The molecule has 0 bridgehead atoms. The molecule has 0 aliphatic rings. The summed E-state index contributed by atoms with van der Waals surface area (Å²) in [6, 6.07) is 8.37. The summed E-state index contributed by atoms with van der Waals surface area (Å²) in [5.41, 5.74) is 7.28. The Bertz CT molecular complexity index is 291. The summed E-state index contributed by atoms with van der Waals surface area (Å²) in [6.07, 6.45) is 4.11. The average Bonchev–Trinajstić information content (AvgIpc) is 2.26. The number of hydrogen-bond donors (Lipinski definition) is 1. The van der Waals surface area contributed by atoms with Crippen molar-refractivity contribution in [3.05, 3.63) is 29.8 Å². The van der Waals surface area contributed by atoms with Gasteiger partial charge in [-0.2, -0.15) is 11.8 Å². The van der Waals surface area contributed by atoms with Gasteiger partial charge >= 0.3 is 0 Å². The van der Waals surface area contributed by atoms with E-state index in [1.54, 1.807) is 7.11 Å². The third-order valence-electron chi connectivity index (χ3n) is 2.32. The minimum Gasteiger partial charge on any atom is -0.497 e. The molecule has 1 aromatic carbocycles. The largest absolute Gasteiger partial charge is 0.497 e. The first-order chi connectivity index (χ1) is 7.26. The van der Waals surface area contributed by atoms with Crippen molar-refractivity contribution in [2.45, 2.75) is 18.9 Å². The van der Waals surface area contributed by atoms with Crippen molar-refractivity contribution in [1.29, 1.82) is 0 Å². The zero-order chi connectivity index (χ0) is 11.1. The quantitative estimate of drug-likeness (QED) is 0.807. The van der Waals surface area contributed by atoms with Gasteiger partial charge in [-0.25, -0.2) is 0 Å². The van der Waals surface area contributed by atoms with E-state index < -0.39 is 0 Å². The Morgan fingerprint density at radius 3 is 2.93 bits per heavy atom. The van der Waals surface area contributed by atoms with E-state index in [-0.39, 0.29) is 6.04 Å². The Kier molecular flexibility index (Phi) is 5.58. The minimum absolute atomic E-state index is 0.254. The monoisotopic (exact) mass is 225 g/mol. The molecule has 0 aromatic heterocycles. The lowest BCUT2D eigenvalue weighted by Crippen LogP contribution is -2.23. The fraction of sp³-hybridized carbons (Fsp3) is 0.500.